The molecule has 0 saturated heterocycles. The molecule has 0 heterocycles. The van der Waals surface area contributed by atoms with Gasteiger partial charge in [-0.05, 0) is 6.92 Å². The van der Waals surface area contributed by atoms with E-state index in [0.29, 0.717) is 5.56 Å². The summed E-state index contributed by atoms with van der Waals surface area (Å²) in [4.78, 5) is 13.7. The van der Waals surface area contributed by atoms with Crippen LogP contribution in [-0.4, -0.2) is 16.8 Å². The van der Waals surface area contributed by atoms with Crippen molar-refractivity contribution >= 4 is 12.0 Å². The Kier molecular flexibility index (Phi) is 2.51. The number of nitrogens with zero attached hydrogens (tertiary/aromatic N) is 2. The highest BCUT2D eigenvalue weighted by Gasteiger charge is 2.04. The summed E-state index contributed by atoms with van der Waals surface area (Å²) in [6.07, 6.45) is 0.880. The monoisotopic (exact) mass is 160 g/mol. The van der Waals surface area contributed by atoms with Gasteiger partial charge in [-0.15, -0.1) is 0 Å². The maximum Gasteiger partial charge on any atom is 0.328 e. The van der Waals surface area contributed by atoms with Crippen molar-refractivity contribution in [1.82, 2.24) is 0 Å². The van der Waals surface area contributed by atoms with Gasteiger partial charge in [-0.25, -0.2) is 0 Å². The molecule has 0 aromatic heterocycles. The quantitative estimate of drug-likeness (QED) is 0.280. The van der Waals surface area contributed by atoms with Crippen LogP contribution >= 0.6 is 0 Å². The minimum atomic E-state index is -0.294. The fraction of sp³-hybridized carbons (Fsp3) is 0.111. The van der Waals surface area contributed by atoms with Crippen LogP contribution in [0, 0.1) is 6.92 Å². The Balaban J connectivity index is 2.97. The Morgan fingerprint density at radius 1 is 1.42 bits per heavy atom. The van der Waals surface area contributed by atoms with Crippen molar-refractivity contribution in [3.8, 4) is 0 Å². The fourth-order valence-electron chi connectivity index (χ4n) is 0.845. The molecule has 3 nitrogen and oxygen atoms in total. The van der Waals surface area contributed by atoms with E-state index in [4.69, 9.17) is 5.53 Å². The fourth-order valence-corrected chi connectivity index (χ4v) is 0.845. The van der Waals surface area contributed by atoms with Crippen LogP contribution in [0.2, 0.25) is 0 Å². The van der Waals surface area contributed by atoms with Gasteiger partial charge in [-0.3, -0.25) is 4.79 Å². The summed E-state index contributed by atoms with van der Waals surface area (Å²) >= 11 is 0. The second-order valence-electron chi connectivity index (χ2n) is 2.47. The largest absolute Gasteiger partial charge is 0.361 e. The summed E-state index contributed by atoms with van der Waals surface area (Å²) in [6, 6.07) is 7.05. The summed E-state index contributed by atoms with van der Waals surface area (Å²) in [5.74, 6) is -0.294. The number of benzene rings is 1. The van der Waals surface area contributed by atoms with Crippen LogP contribution < -0.4 is 0 Å². The summed E-state index contributed by atoms with van der Waals surface area (Å²) in [6.45, 7) is 1.94. The van der Waals surface area contributed by atoms with Crippen molar-refractivity contribution in [2.45, 2.75) is 6.92 Å². The zero-order valence-corrected chi connectivity index (χ0v) is 6.69. The van der Waals surface area contributed by atoms with E-state index in [-0.39, 0.29) is 5.78 Å². The lowest BCUT2D eigenvalue weighted by atomic mass is 10.1. The number of ketones is 1. The van der Waals surface area contributed by atoms with Crippen LogP contribution in [0.25, 0.3) is 5.53 Å². The minimum absolute atomic E-state index is 0.294. The minimum Gasteiger partial charge on any atom is -0.361 e. The maximum absolute atomic E-state index is 11.0. The third-order valence-electron chi connectivity index (χ3n) is 1.51. The lowest BCUT2D eigenvalue weighted by Crippen LogP contribution is -2.00. The molecule has 60 valence electrons. The molecule has 1 rings (SSSR count). The van der Waals surface area contributed by atoms with Crippen molar-refractivity contribution in [3.05, 3.63) is 40.9 Å². The lowest BCUT2D eigenvalue weighted by Gasteiger charge is -1.92. The first kappa shape index (κ1) is 8.37. The van der Waals surface area contributed by atoms with E-state index < -0.39 is 0 Å². The molecule has 0 amide bonds. The average molecular weight is 160 g/mol. The molecule has 0 saturated carbocycles. The SMILES string of the molecule is Cc1ccc(C(=O)C=[N+]=[N-])cc1. The Morgan fingerprint density at radius 3 is 2.50 bits per heavy atom. The normalized spacial score (nSPS) is 8.75. The van der Waals surface area contributed by atoms with Gasteiger partial charge in [-0.2, -0.15) is 4.79 Å². The Morgan fingerprint density at radius 2 is 2.00 bits per heavy atom. The number of rotatable bonds is 2. The second-order valence-corrected chi connectivity index (χ2v) is 2.47. The van der Waals surface area contributed by atoms with Crippen molar-refractivity contribution < 1.29 is 9.58 Å². The molecule has 3 heteroatoms. The molecule has 12 heavy (non-hydrogen) atoms. The van der Waals surface area contributed by atoms with Crippen LogP contribution in [0.5, 0.6) is 0 Å². The van der Waals surface area contributed by atoms with Crippen LogP contribution in [0.1, 0.15) is 15.9 Å². The standard InChI is InChI=1S/C9H8N2O/c1-7-2-4-8(5-3-7)9(12)6-11-10/h2-6H,1H3. The molecule has 0 atom stereocenters. The van der Waals surface area contributed by atoms with Gasteiger partial charge in [0.1, 0.15) is 0 Å². The summed E-state index contributed by atoms with van der Waals surface area (Å²) in [5, 5.41) is 0. The van der Waals surface area contributed by atoms with E-state index in [9.17, 15) is 4.79 Å². The summed E-state index contributed by atoms with van der Waals surface area (Å²) in [5.41, 5.74) is 9.72. The first-order valence-electron chi connectivity index (χ1n) is 3.52. The maximum atomic E-state index is 11.0. The van der Waals surface area contributed by atoms with Gasteiger partial charge in [0.15, 0.2) is 0 Å². The number of hydrogen-bond acceptors (Lipinski definition) is 1. The zero-order chi connectivity index (χ0) is 8.97. The van der Waals surface area contributed by atoms with Gasteiger partial charge in [-0.1, -0.05) is 29.8 Å². The average Bonchev–Trinajstić information content (AvgIpc) is 2.06. The van der Waals surface area contributed by atoms with Gasteiger partial charge >= 0.3 is 6.21 Å². The molecule has 0 radical (unpaired) electrons. The van der Waals surface area contributed by atoms with Crippen LogP contribution in [0.3, 0.4) is 0 Å². The van der Waals surface area contributed by atoms with Crippen molar-refractivity contribution in [3.63, 3.8) is 0 Å². The molecule has 1 aromatic rings. The van der Waals surface area contributed by atoms with Gasteiger partial charge < -0.3 is 5.53 Å². The Hall–Kier alpha value is -1.73. The van der Waals surface area contributed by atoms with E-state index in [1.54, 1.807) is 12.1 Å². The van der Waals surface area contributed by atoms with Crippen molar-refractivity contribution in [1.29, 1.82) is 0 Å². The molecule has 0 unspecified atom stereocenters. The number of carbonyl (C=O) groups is 1. The number of aryl methyl sites for hydroxylation is 1. The first-order valence-corrected chi connectivity index (χ1v) is 3.52. The summed E-state index contributed by atoms with van der Waals surface area (Å²) < 4.78 is 0. The first-order chi connectivity index (χ1) is 5.74. The molecule has 0 spiro atoms. The molecule has 0 fully saturated rings. The van der Waals surface area contributed by atoms with E-state index in [1.807, 2.05) is 19.1 Å². The van der Waals surface area contributed by atoms with Crippen LogP contribution in [0.15, 0.2) is 24.3 Å². The van der Waals surface area contributed by atoms with Crippen LogP contribution in [0.4, 0.5) is 0 Å². The topological polar surface area (TPSA) is 53.5 Å². The van der Waals surface area contributed by atoms with E-state index >= 15 is 0 Å². The van der Waals surface area contributed by atoms with E-state index in [2.05, 4.69) is 4.79 Å². The van der Waals surface area contributed by atoms with Gasteiger partial charge in [0.05, 0.1) is 0 Å². The van der Waals surface area contributed by atoms with Gasteiger partial charge in [0.25, 0.3) is 5.78 Å². The molecule has 1 aromatic carbocycles. The highest BCUT2D eigenvalue weighted by atomic mass is 16.1. The predicted octanol–water partition coefficient (Wildman–Crippen LogP) is 1.48. The molecule has 0 aliphatic carbocycles. The van der Waals surface area contributed by atoms with Gasteiger partial charge in [0, 0.05) is 5.56 Å². The van der Waals surface area contributed by atoms with Crippen LogP contribution in [-0.2, 0) is 0 Å². The number of hydrogen-bond donors (Lipinski definition) is 0. The molecular formula is C9H8N2O. The summed E-state index contributed by atoms with van der Waals surface area (Å²) in [7, 11) is 0. The predicted molar refractivity (Wildman–Crippen MR) is 45.2 cm³/mol. The Bertz CT molecular complexity index is 334. The molecule has 0 bridgehead atoms. The molecule has 0 aliphatic rings. The van der Waals surface area contributed by atoms with Crippen molar-refractivity contribution in [2.75, 3.05) is 0 Å². The van der Waals surface area contributed by atoms with Gasteiger partial charge in [0.2, 0.25) is 0 Å². The molecule has 0 aliphatic heterocycles. The third kappa shape index (κ3) is 1.87. The van der Waals surface area contributed by atoms with E-state index in [0.717, 1.165) is 11.8 Å². The Labute approximate surface area is 70.3 Å². The lowest BCUT2D eigenvalue weighted by molar-refractivity contribution is 0.00235. The smallest absolute Gasteiger partial charge is 0.328 e. The molecule has 0 N–H and O–H groups in total. The van der Waals surface area contributed by atoms with E-state index in [1.165, 1.54) is 0 Å². The second kappa shape index (κ2) is 3.60. The third-order valence-corrected chi connectivity index (χ3v) is 1.51. The van der Waals surface area contributed by atoms with Crippen molar-refractivity contribution in [2.24, 2.45) is 0 Å². The highest BCUT2D eigenvalue weighted by molar-refractivity contribution is 6.33. The number of carbonyl (C=O) groups excluding carboxylic acids is 1. The molecular weight excluding hydrogens is 152 g/mol. The zero-order valence-electron chi connectivity index (χ0n) is 6.69. The number of Topliss-reactive ketones (excluding diaryl/α,β-unsaturated/α-hetero) is 1. The highest BCUT2D eigenvalue weighted by Crippen LogP contribution is 2.02.